The molecule has 0 heterocycles. The van der Waals surface area contributed by atoms with Crippen LogP contribution in [0.5, 0.6) is 0 Å². The lowest BCUT2D eigenvalue weighted by Crippen LogP contribution is -2.25. The summed E-state index contributed by atoms with van der Waals surface area (Å²) in [6, 6.07) is 2.89. The maximum atomic E-state index is 14.4. The van der Waals surface area contributed by atoms with Gasteiger partial charge in [0.2, 0.25) is 0 Å². The van der Waals surface area contributed by atoms with Crippen molar-refractivity contribution in [3.05, 3.63) is 47.5 Å². The highest BCUT2D eigenvalue weighted by atomic mass is 19.1. The second-order valence-corrected chi connectivity index (χ2v) is 9.19. The molecule has 3 rings (SSSR count). The van der Waals surface area contributed by atoms with E-state index in [1.54, 1.807) is 0 Å². The molecule has 0 aromatic heterocycles. The zero-order chi connectivity index (χ0) is 20.6. The van der Waals surface area contributed by atoms with Gasteiger partial charge in [0.15, 0.2) is 0 Å². The lowest BCUT2D eigenvalue weighted by Gasteiger charge is -2.36. The van der Waals surface area contributed by atoms with Crippen molar-refractivity contribution < 1.29 is 8.78 Å². The molecule has 0 aliphatic heterocycles. The Labute approximate surface area is 176 Å². The Bertz CT molecular complexity index is 700. The summed E-state index contributed by atoms with van der Waals surface area (Å²) in [5.74, 6) is 7.96. The van der Waals surface area contributed by atoms with Crippen LogP contribution in [-0.2, 0) is 6.42 Å². The molecule has 2 fully saturated rings. The van der Waals surface area contributed by atoms with Gasteiger partial charge < -0.3 is 0 Å². The highest BCUT2D eigenvalue weighted by Gasteiger charge is 2.30. The molecule has 0 unspecified atom stereocenters. The van der Waals surface area contributed by atoms with Gasteiger partial charge in [-0.05, 0) is 93.2 Å². The molecule has 158 valence electrons. The molecule has 1 aromatic carbocycles. The minimum atomic E-state index is -0.521. The number of rotatable bonds is 6. The Morgan fingerprint density at radius 1 is 0.966 bits per heavy atom. The molecule has 0 amide bonds. The third-order valence-electron chi connectivity index (χ3n) is 7.28. The van der Waals surface area contributed by atoms with Crippen molar-refractivity contribution in [1.29, 1.82) is 0 Å². The molecule has 0 radical (unpaired) electrons. The summed E-state index contributed by atoms with van der Waals surface area (Å²) in [7, 11) is 0. The molecule has 2 heteroatoms. The molecule has 0 saturated heterocycles. The summed E-state index contributed by atoms with van der Waals surface area (Å²) >= 11 is 0. The predicted octanol–water partition coefficient (Wildman–Crippen LogP) is 7.85. The molecular formula is C27H36F2. The van der Waals surface area contributed by atoms with Crippen LogP contribution < -0.4 is 0 Å². The largest absolute Gasteiger partial charge is 0.206 e. The highest BCUT2D eigenvalue weighted by molar-refractivity contribution is 5.39. The molecule has 0 bridgehead atoms. The molecule has 0 atom stereocenters. The summed E-state index contributed by atoms with van der Waals surface area (Å²) < 4.78 is 28.8. The number of allylic oxidation sites excluding steroid dienone is 1. The van der Waals surface area contributed by atoms with Gasteiger partial charge in [-0.3, -0.25) is 0 Å². The maximum absolute atomic E-state index is 14.4. The third kappa shape index (κ3) is 6.18. The quantitative estimate of drug-likeness (QED) is 0.260. The molecule has 2 saturated carbocycles. The highest BCUT2D eigenvalue weighted by Crippen LogP contribution is 2.41. The van der Waals surface area contributed by atoms with Crippen molar-refractivity contribution in [3.8, 4) is 11.8 Å². The first-order valence-electron chi connectivity index (χ1n) is 11.7. The topological polar surface area (TPSA) is 0 Å². The van der Waals surface area contributed by atoms with Crippen LogP contribution in [0.3, 0.4) is 0 Å². The van der Waals surface area contributed by atoms with Gasteiger partial charge >= 0.3 is 0 Å². The van der Waals surface area contributed by atoms with Crippen molar-refractivity contribution in [1.82, 2.24) is 0 Å². The number of halogens is 2. The van der Waals surface area contributed by atoms with Gasteiger partial charge in [0, 0.05) is 5.92 Å². The summed E-state index contributed by atoms with van der Waals surface area (Å²) in [5, 5.41) is 0. The molecule has 0 spiro atoms. The lowest BCUT2D eigenvalue weighted by molar-refractivity contribution is 0.156. The van der Waals surface area contributed by atoms with Crippen LogP contribution in [0.2, 0.25) is 0 Å². The SMILES string of the molecule is C=CCCCc1cc(F)c(C#CC2CCC([C@H]3CC[C@H](CC)CC3)CC2)c(F)c1. The summed E-state index contributed by atoms with van der Waals surface area (Å²) in [6.45, 7) is 6.00. The first-order chi connectivity index (χ1) is 14.1. The van der Waals surface area contributed by atoms with Crippen LogP contribution in [0, 0.1) is 47.1 Å². The maximum Gasteiger partial charge on any atom is 0.142 e. The van der Waals surface area contributed by atoms with Gasteiger partial charge in [-0.2, -0.15) is 0 Å². The fraction of sp³-hybridized carbons (Fsp3) is 0.630. The van der Waals surface area contributed by atoms with Crippen molar-refractivity contribution in [2.24, 2.45) is 23.7 Å². The van der Waals surface area contributed by atoms with Crippen molar-refractivity contribution in [2.45, 2.75) is 84.0 Å². The second kappa shape index (κ2) is 11.0. The average Bonchev–Trinajstić information content (AvgIpc) is 2.74. The molecule has 2 aliphatic carbocycles. The summed E-state index contributed by atoms with van der Waals surface area (Å²) in [5.41, 5.74) is 0.642. The Morgan fingerprint density at radius 3 is 2.10 bits per heavy atom. The number of benzene rings is 1. The smallest absolute Gasteiger partial charge is 0.142 e. The van der Waals surface area contributed by atoms with Crippen molar-refractivity contribution >= 4 is 0 Å². The van der Waals surface area contributed by atoms with E-state index in [0.29, 0.717) is 12.0 Å². The Balaban J connectivity index is 1.53. The minimum Gasteiger partial charge on any atom is -0.206 e. The minimum absolute atomic E-state index is 0.0579. The van der Waals surface area contributed by atoms with Crippen LogP contribution in [0.15, 0.2) is 24.8 Å². The summed E-state index contributed by atoms with van der Waals surface area (Å²) in [6.07, 6.45) is 15.8. The van der Waals surface area contributed by atoms with E-state index >= 15 is 0 Å². The molecule has 2 aliphatic rings. The van der Waals surface area contributed by atoms with Crippen LogP contribution in [0.1, 0.15) is 88.7 Å². The monoisotopic (exact) mass is 398 g/mol. The number of hydrogen-bond donors (Lipinski definition) is 0. The lowest BCUT2D eigenvalue weighted by atomic mass is 9.69. The van der Waals surface area contributed by atoms with E-state index in [4.69, 9.17) is 0 Å². The second-order valence-electron chi connectivity index (χ2n) is 9.19. The van der Waals surface area contributed by atoms with Gasteiger partial charge in [-0.1, -0.05) is 44.1 Å². The van der Waals surface area contributed by atoms with E-state index in [-0.39, 0.29) is 11.5 Å². The molecule has 1 aromatic rings. The van der Waals surface area contributed by atoms with Crippen LogP contribution in [-0.4, -0.2) is 0 Å². The van der Waals surface area contributed by atoms with Crippen molar-refractivity contribution in [2.75, 3.05) is 0 Å². The first kappa shape index (κ1) is 22.1. The van der Waals surface area contributed by atoms with E-state index in [1.165, 1.54) is 57.1 Å². The number of hydrogen-bond acceptors (Lipinski definition) is 0. The zero-order valence-electron chi connectivity index (χ0n) is 18.0. The van der Waals surface area contributed by atoms with E-state index in [9.17, 15) is 8.78 Å². The predicted molar refractivity (Wildman–Crippen MR) is 118 cm³/mol. The van der Waals surface area contributed by atoms with Gasteiger partial charge in [-0.25, -0.2) is 8.78 Å². The van der Waals surface area contributed by atoms with Crippen molar-refractivity contribution in [3.63, 3.8) is 0 Å². The van der Waals surface area contributed by atoms with E-state index in [1.807, 2.05) is 6.08 Å². The van der Waals surface area contributed by atoms with Crippen LogP contribution in [0.25, 0.3) is 0 Å². The fourth-order valence-electron chi connectivity index (χ4n) is 5.32. The molecule has 29 heavy (non-hydrogen) atoms. The number of unbranched alkanes of at least 4 members (excludes halogenated alkanes) is 1. The standard InChI is InChI=1S/C27H36F2/c1-3-5-6-7-22-18-26(28)25(27(29)19-22)17-12-21-10-15-24(16-11-21)23-13-8-20(4-2)9-14-23/h3,18-21,23-24H,1,4-11,13-16H2,2H3/t20-,21?,23-,24?. The normalized spacial score (nSPS) is 27.1. The van der Waals surface area contributed by atoms with Gasteiger partial charge in [0.25, 0.3) is 0 Å². The van der Waals surface area contributed by atoms with Crippen LogP contribution >= 0.6 is 0 Å². The van der Waals surface area contributed by atoms with E-state index < -0.39 is 11.6 Å². The molecular weight excluding hydrogens is 362 g/mol. The Morgan fingerprint density at radius 2 is 1.55 bits per heavy atom. The van der Waals surface area contributed by atoms with Gasteiger partial charge in [0.1, 0.15) is 11.6 Å². The Hall–Kier alpha value is -1.62. The van der Waals surface area contributed by atoms with Gasteiger partial charge in [0.05, 0.1) is 5.56 Å². The fourth-order valence-corrected chi connectivity index (χ4v) is 5.32. The zero-order valence-corrected chi connectivity index (χ0v) is 18.0. The van der Waals surface area contributed by atoms with E-state index in [2.05, 4.69) is 25.3 Å². The molecule has 0 N–H and O–H groups in total. The third-order valence-corrected chi connectivity index (χ3v) is 7.28. The average molecular weight is 399 g/mol. The Kier molecular flexibility index (Phi) is 8.34. The summed E-state index contributed by atoms with van der Waals surface area (Å²) in [4.78, 5) is 0. The molecule has 0 nitrogen and oxygen atoms in total. The van der Waals surface area contributed by atoms with Crippen LogP contribution in [0.4, 0.5) is 8.78 Å². The van der Waals surface area contributed by atoms with Gasteiger partial charge in [-0.15, -0.1) is 6.58 Å². The van der Waals surface area contributed by atoms with E-state index in [0.717, 1.165) is 43.4 Å². The number of aryl methyl sites for hydroxylation is 1. The first-order valence-corrected chi connectivity index (χ1v) is 11.7.